The van der Waals surface area contributed by atoms with Crippen LogP contribution in [0.1, 0.15) is 24.8 Å². The van der Waals surface area contributed by atoms with Gasteiger partial charge >= 0.3 is 0 Å². The lowest BCUT2D eigenvalue weighted by atomic mass is 10.1. The Morgan fingerprint density at radius 1 is 1.26 bits per heavy atom. The Kier molecular flexibility index (Phi) is 4.59. The summed E-state index contributed by atoms with van der Waals surface area (Å²) >= 11 is 6.04. The van der Waals surface area contributed by atoms with Crippen molar-refractivity contribution in [3.63, 3.8) is 0 Å². The second-order valence-corrected chi connectivity index (χ2v) is 4.95. The summed E-state index contributed by atoms with van der Waals surface area (Å²) < 4.78 is 0. The zero-order valence-corrected chi connectivity index (χ0v) is 11.4. The highest BCUT2D eigenvalue weighted by Gasteiger charge is 2.20. The van der Waals surface area contributed by atoms with E-state index in [1.54, 1.807) is 23.1 Å². The van der Waals surface area contributed by atoms with E-state index in [1.165, 1.54) is 0 Å². The van der Waals surface area contributed by atoms with Gasteiger partial charge in [0.25, 0.3) is 5.91 Å². The largest absolute Gasteiger partial charge is 0.338 e. The van der Waals surface area contributed by atoms with Gasteiger partial charge in [0.15, 0.2) is 0 Å². The van der Waals surface area contributed by atoms with Crippen LogP contribution in [0.5, 0.6) is 0 Å². The van der Waals surface area contributed by atoms with Gasteiger partial charge in [-0.15, -0.1) is 0 Å². The number of hydrogen-bond acceptors (Lipinski definition) is 2. The first-order valence-electron chi connectivity index (χ1n) is 6.38. The Hall–Kier alpha value is -1.79. The van der Waals surface area contributed by atoms with Gasteiger partial charge in [-0.05, 0) is 37.0 Å². The molecule has 0 bridgehead atoms. The van der Waals surface area contributed by atoms with Gasteiger partial charge in [-0.2, -0.15) is 5.26 Å². The molecule has 19 heavy (non-hydrogen) atoms. The van der Waals surface area contributed by atoms with Crippen molar-refractivity contribution in [1.29, 1.82) is 5.26 Å². The molecule has 1 amide bonds. The summed E-state index contributed by atoms with van der Waals surface area (Å²) in [7, 11) is 0. The highest BCUT2D eigenvalue weighted by Crippen LogP contribution is 2.19. The molecule has 1 saturated heterocycles. The van der Waals surface area contributed by atoms with Crippen LogP contribution >= 0.6 is 11.6 Å². The van der Waals surface area contributed by atoms with Gasteiger partial charge in [0.2, 0.25) is 0 Å². The van der Waals surface area contributed by atoms with Gasteiger partial charge in [-0.25, -0.2) is 0 Å². The second kappa shape index (κ2) is 6.40. The molecule has 0 saturated carbocycles. The van der Waals surface area contributed by atoms with Crippen molar-refractivity contribution in [2.45, 2.75) is 19.3 Å². The average molecular weight is 275 g/mol. The molecular weight excluding hydrogens is 260 g/mol. The van der Waals surface area contributed by atoms with E-state index in [0.29, 0.717) is 10.6 Å². The molecule has 0 spiro atoms. The van der Waals surface area contributed by atoms with Crippen molar-refractivity contribution in [2.75, 3.05) is 13.1 Å². The molecule has 1 aliphatic heterocycles. The van der Waals surface area contributed by atoms with E-state index in [9.17, 15) is 10.1 Å². The molecule has 3 nitrogen and oxygen atoms in total. The summed E-state index contributed by atoms with van der Waals surface area (Å²) in [4.78, 5) is 14.0. The fraction of sp³-hybridized carbons (Fsp3) is 0.333. The third kappa shape index (κ3) is 3.36. The highest BCUT2D eigenvalue weighted by atomic mass is 35.5. The van der Waals surface area contributed by atoms with Crippen molar-refractivity contribution >= 4 is 23.6 Å². The van der Waals surface area contributed by atoms with Crippen LogP contribution < -0.4 is 0 Å². The predicted molar refractivity (Wildman–Crippen MR) is 75.5 cm³/mol. The van der Waals surface area contributed by atoms with Crippen LogP contribution in [0.3, 0.4) is 0 Å². The number of carbonyl (C=O) groups is 1. The van der Waals surface area contributed by atoms with Crippen LogP contribution in [0.25, 0.3) is 6.08 Å². The number of amides is 1. The van der Waals surface area contributed by atoms with Crippen LogP contribution in [0.4, 0.5) is 0 Å². The number of nitrogens with zero attached hydrogens (tertiary/aromatic N) is 2. The van der Waals surface area contributed by atoms with Crippen molar-refractivity contribution in [2.24, 2.45) is 0 Å². The monoisotopic (exact) mass is 274 g/mol. The molecule has 0 radical (unpaired) electrons. The van der Waals surface area contributed by atoms with Crippen LogP contribution in [0.2, 0.25) is 5.02 Å². The molecule has 0 aromatic heterocycles. The molecule has 1 heterocycles. The molecular formula is C15H15ClN2O. The van der Waals surface area contributed by atoms with Gasteiger partial charge in [0, 0.05) is 18.1 Å². The van der Waals surface area contributed by atoms with E-state index in [2.05, 4.69) is 0 Å². The minimum atomic E-state index is -0.192. The molecule has 1 aromatic carbocycles. The van der Waals surface area contributed by atoms with E-state index in [4.69, 9.17) is 11.6 Å². The maximum atomic E-state index is 12.2. The summed E-state index contributed by atoms with van der Waals surface area (Å²) in [5.74, 6) is -0.192. The number of carbonyl (C=O) groups excluding carboxylic acids is 1. The zero-order chi connectivity index (χ0) is 13.7. The molecule has 0 unspecified atom stereocenters. The molecule has 98 valence electrons. The SMILES string of the molecule is N#CC(=Cc1ccccc1Cl)C(=O)N1CCCCC1. The summed E-state index contributed by atoms with van der Waals surface area (Å²) in [5.41, 5.74) is 0.848. The minimum Gasteiger partial charge on any atom is -0.338 e. The number of likely N-dealkylation sites (tertiary alicyclic amines) is 1. The average Bonchev–Trinajstić information content (AvgIpc) is 2.47. The Morgan fingerprint density at radius 3 is 2.58 bits per heavy atom. The topological polar surface area (TPSA) is 44.1 Å². The lowest BCUT2D eigenvalue weighted by Gasteiger charge is -2.26. The van der Waals surface area contributed by atoms with Gasteiger partial charge < -0.3 is 4.90 Å². The van der Waals surface area contributed by atoms with Gasteiger partial charge in [-0.1, -0.05) is 29.8 Å². The Bertz CT molecular complexity index is 539. The summed E-state index contributed by atoms with van der Waals surface area (Å²) in [6, 6.07) is 9.17. The van der Waals surface area contributed by atoms with E-state index in [0.717, 1.165) is 32.4 Å². The lowest BCUT2D eigenvalue weighted by molar-refractivity contribution is -0.127. The molecule has 0 atom stereocenters. The van der Waals surface area contributed by atoms with Crippen molar-refractivity contribution in [3.8, 4) is 6.07 Å². The first-order chi connectivity index (χ1) is 9.22. The lowest BCUT2D eigenvalue weighted by Crippen LogP contribution is -2.36. The van der Waals surface area contributed by atoms with E-state index >= 15 is 0 Å². The first-order valence-corrected chi connectivity index (χ1v) is 6.76. The summed E-state index contributed by atoms with van der Waals surface area (Å²) in [5, 5.41) is 9.71. The van der Waals surface area contributed by atoms with E-state index < -0.39 is 0 Å². The summed E-state index contributed by atoms with van der Waals surface area (Å²) in [6.07, 6.45) is 4.74. The molecule has 4 heteroatoms. The second-order valence-electron chi connectivity index (χ2n) is 4.54. The number of halogens is 1. The molecule has 0 aliphatic carbocycles. The maximum absolute atomic E-state index is 12.2. The molecule has 1 aromatic rings. The smallest absolute Gasteiger partial charge is 0.264 e. The minimum absolute atomic E-state index is 0.148. The van der Waals surface area contributed by atoms with Crippen molar-refractivity contribution in [3.05, 3.63) is 40.4 Å². The number of benzene rings is 1. The van der Waals surface area contributed by atoms with E-state index in [1.807, 2.05) is 18.2 Å². The first kappa shape index (κ1) is 13.6. The van der Waals surface area contributed by atoms with Gasteiger partial charge in [-0.3, -0.25) is 4.79 Å². The van der Waals surface area contributed by atoms with E-state index in [-0.39, 0.29) is 11.5 Å². The molecule has 1 aliphatic rings. The van der Waals surface area contributed by atoms with Crippen LogP contribution in [-0.4, -0.2) is 23.9 Å². The molecule has 1 fully saturated rings. The zero-order valence-electron chi connectivity index (χ0n) is 10.6. The van der Waals surface area contributed by atoms with Crippen LogP contribution in [0.15, 0.2) is 29.8 Å². The fourth-order valence-electron chi connectivity index (χ4n) is 2.16. The third-order valence-corrected chi connectivity index (χ3v) is 3.54. The predicted octanol–water partition coefficient (Wildman–Crippen LogP) is 3.26. The van der Waals surface area contributed by atoms with Gasteiger partial charge in [0.05, 0.1) is 0 Å². The Morgan fingerprint density at radius 2 is 1.95 bits per heavy atom. The molecule has 0 N–H and O–H groups in total. The normalized spacial score (nSPS) is 16.0. The number of rotatable bonds is 2. The Labute approximate surface area is 118 Å². The van der Waals surface area contributed by atoms with Crippen LogP contribution in [-0.2, 0) is 4.79 Å². The molecule has 2 rings (SSSR count). The fourth-order valence-corrected chi connectivity index (χ4v) is 2.35. The number of hydrogen-bond donors (Lipinski definition) is 0. The standard InChI is InChI=1S/C15H15ClN2O/c16-14-7-3-2-6-12(14)10-13(11-17)15(19)18-8-4-1-5-9-18/h2-3,6-7,10H,1,4-5,8-9H2. The van der Waals surface area contributed by atoms with Crippen molar-refractivity contribution in [1.82, 2.24) is 4.90 Å². The number of nitriles is 1. The van der Waals surface area contributed by atoms with Crippen molar-refractivity contribution < 1.29 is 4.79 Å². The third-order valence-electron chi connectivity index (χ3n) is 3.20. The van der Waals surface area contributed by atoms with Crippen LogP contribution in [0, 0.1) is 11.3 Å². The quantitative estimate of drug-likeness (QED) is 0.614. The highest BCUT2D eigenvalue weighted by molar-refractivity contribution is 6.32. The Balaban J connectivity index is 2.22. The summed E-state index contributed by atoms with van der Waals surface area (Å²) in [6.45, 7) is 1.47. The van der Waals surface area contributed by atoms with Gasteiger partial charge in [0.1, 0.15) is 11.6 Å². The maximum Gasteiger partial charge on any atom is 0.264 e. The number of piperidine rings is 1.